The smallest absolute Gasteiger partial charge is 0.247 e. The Morgan fingerprint density at radius 3 is 2.72 bits per heavy atom. The maximum atomic E-state index is 11.8. The standard InChI is InChI=1S/C24H23N7O4S/c1-2-20(33)28-18-9-8-17(14-19(18)32)22-21-23(25)26-15-27-24(21)31(29-22)13-12-30(36(34)35)11-10-16-6-4-3-5-7-16/h2-11,14-15,32H,1,12-13H2,(H,28,33)(H,34,35)(H2,25,26,27)/p-1. The zero-order valence-electron chi connectivity index (χ0n) is 18.9. The van der Waals surface area contributed by atoms with E-state index in [1.807, 2.05) is 30.3 Å². The van der Waals surface area contributed by atoms with Gasteiger partial charge in [-0.3, -0.25) is 9.00 Å². The molecule has 0 saturated carbocycles. The van der Waals surface area contributed by atoms with Gasteiger partial charge in [0.1, 0.15) is 23.6 Å². The van der Waals surface area contributed by atoms with Crippen molar-refractivity contribution in [3.8, 4) is 17.0 Å². The number of nitrogens with two attached hydrogens (primary N) is 1. The molecular weight excluding hydrogens is 482 g/mol. The number of aromatic hydroxyl groups is 1. The molecule has 4 aromatic rings. The first kappa shape index (κ1) is 24.6. The van der Waals surface area contributed by atoms with Crippen LogP contribution in [0.5, 0.6) is 5.75 Å². The van der Waals surface area contributed by atoms with Crippen LogP contribution in [0.4, 0.5) is 11.5 Å². The van der Waals surface area contributed by atoms with Gasteiger partial charge in [-0.25, -0.2) is 14.6 Å². The Labute approximate surface area is 209 Å². The van der Waals surface area contributed by atoms with E-state index in [2.05, 4.69) is 27.0 Å². The van der Waals surface area contributed by atoms with Crippen molar-refractivity contribution < 1.29 is 18.7 Å². The van der Waals surface area contributed by atoms with Gasteiger partial charge < -0.3 is 25.0 Å². The molecule has 0 aliphatic heterocycles. The summed E-state index contributed by atoms with van der Waals surface area (Å²) < 4.78 is 26.3. The van der Waals surface area contributed by atoms with Crippen LogP contribution in [0.25, 0.3) is 28.4 Å². The fraction of sp³-hybridized carbons (Fsp3) is 0.0833. The number of phenols is 1. The van der Waals surface area contributed by atoms with Gasteiger partial charge in [0.2, 0.25) is 5.91 Å². The Kier molecular flexibility index (Phi) is 7.37. The molecule has 0 aliphatic carbocycles. The number of amides is 1. The average molecular weight is 505 g/mol. The Morgan fingerprint density at radius 1 is 1.25 bits per heavy atom. The first-order chi connectivity index (χ1) is 17.4. The molecule has 11 nitrogen and oxygen atoms in total. The molecule has 1 atom stereocenters. The average Bonchev–Trinajstić information content (AvgIpc) is 3.25. The lowest BCUT2D eigenvalue weighted by atomic mass is 10.1. The van der Waals surface area contributed by atoms with E-state index < -0.39 is 17.2 Å². The maximum absolute atomic E-state index is 11.8. The number of nitrogens with zero attached hydrogens (tertiary/aromatic N) is 5. The highest BCUT2D eigenvalue weighted by molar-refractivity contribution is 7.76. The number of phenolic OH excluding ortho intramolecular Hbond substituents is 1. The van der Waals surface area contributed by atoms with Crippen LogP contribution in [-0.2, 0) is 22.6 Å². The number of carbonyl (C=O) groups is 1. The van der Waals surface area contributed by atoms with Crippen molar-refractivity contribution in [2.75, 3.05) is 17.6 Å². The van der Waals surface area contributed by atoms with Crippen LogP contribution in [0, 0.1) is 0 Å². The lowest BCUT2D eigenvalue weighted by molar-refractivity contribution is -0.111. The van der Waals surface area contributed by atoms with Gasteiger partial charge in [0.25, 0.3) is 0 Å². The second-order valence-corrected chi connectivity index (χ2v) is 8.44. The number of rotatable bonds is 9. The van der Waals surface area contributed by atoms with Crippen molar-refractivity contribution in [3.63, 3.8) is 0 Å². The summed E-state index contributed by atoms with van der Waals surface area (Å²) in [5.74, 6) is -0.468. The molecule has 2 heterocycles. The summed E-state index contributed by atoms with van der Waals surface area (Å²) >= 11 is -2.51. The van der Waals surface area contributed by atoms with Crippen molar-refractivity contribution in [1.29, 1.82) is 0 Å². The van der Waals surface area contributed by atoms with Crippen molar-refractivity contribution in [1.82, 2.24) is 24.1 Å². The third-order valence-electron chi connectivity index (χ3n) is 5.23. The van der Waals surface area contributed by atoms with Gasteiger partial charge in [-0.1, -0.05) is 43.0 Å². The molecule has 4 N–H and O–H groups in total. The molecule has 36 heavy (non-hydrogen) atoms. The number of fused-ring (bicyclic) bond motifs is 1. The number of hydrogen-bond donors (Lipinski definition) is 3. The van der Waals surface area contributed by atoms with Crippen LogP contribution >= 0.6 is 0 Å². The summed E-state index contributed by atoms with van der Waals surface area (Å²) in [6.07, 6.45) is 5.55. The number of aromatic nitrogens is 4. The molecule has 0 spiro atoms. The second-order valence-electron chi connectivity index (χ2n) is 7.54. The van der Waals surface area contributed by atoms with Gasteiger partial charge >= 0.3 is 0 Å². The molecule has 0 saturated heterocycles. The molecule has 2 aromatic carbocycles. The number of anilines is 2. The van der Waals surface area contributed by atoms with Gasteiger partial charge in [-0.2, -0.15) is 5.10 Å². The summed E-state index contributed by atoms with van der Waals surface area (Å²) in [6, 6.07) is 13.9. The zero-order chi connectivity index (χ0) is 25.7. The van der Waals surface area contributed by atoms with Crippen LogP contribution in [0.15, 0.2) is 73.7 Å². The molecule has 0 radical (unpaired) electrons. The molecule has 0 fully saturated rings. The van der Waals surface area contributed by atoms with Crippen LogP contribution < -0.4 is 11.1 Å². The first-order valence-corrected chi connectivity index (χ1v) is 11.7. The Hall–Kier alpha value is -4.55. The lowest BCUT2D eigenvalue weighted by Gasteiger charge is -2.22. The summed E-state index contributed by atoms with van der Waals surface area (Å²) in [7, 11) is 0. The van der Waals surface area contributed by atoms with E-state index >= 15 is 0 Å². The Bertz CT molecular complexity index is 1470. The van der Waals surface area contributed by atoms with E-state index in [0.29, 0.717) is 22.3 Å². The maximum Gasteiger partial charge on any atom is 0.247 e. The first-order valence-electron chi connectivity index (χ1n) is 10.7. The minimum atomic E-state index is -2.51. The third-order valence-corrected chi connectivity index (χ3v) is 5.92. The topological polar surface area (TPSA) is 162 Å². The van der Waals surface area contributed by atoms with E-state index in [9.17, 15) is 18.7 Å². The van der Waals surface area contributed by atoms with Gasteiger partial charge in [-0.15, -0.1) is 0 Å². The minimum absolute atomic E-state index is 0.0807. The summed E-state index contributed by atoms with van der Waals surface area (Å²) in [5.41, 5.74) is 8.49. The number of carbonyl (C=O) groups excluding carboxylic acids is 1. The van der Waals surface area contributed by atoms with Crippen LogP contribution in [0.1, 0.15) is 5.56 Å². The van der Waals surface area contributed by atoms with E-state index in [1.165, 1.54) is 29.3 Å². The summed E-state index contributed by atoms with van der Waals surface area (Å²) in [6.45, 7) is 3.63. The predicted molar refractivity (Wildman–Crippen MR) is 137 cm³/mol. The number of nitrogens with one attached hydrogen (secondary N) is 1. The fourth-order valence-corrected chi connectivity index (χ4v) is 3.87. The molecule has 1 unspecified atom stereocenters. The third kappa shape index (κ3) is 5.40. The van der Waals surface area contributed by atoms with E-state index in [4.69, 9.17) is 5.73 Å². The molecule has 12 heteroatoms. The molecule has 184 valence electrons. The normalized spacial score (nSPS) is 12.0. The SMILES string of the molecule is C=CC(=O)Nc1ccc(-c2nn(CCN(C=Cc3ccccc3)S(=O)[O-])c3ncnc(N)c23)cc1O. The zero-order valence-corrected chi connectivity index (χ0v) is 19.8. The summed E-state index contributed by atoms with van der Waals surface area (Å²) in [5, 5.41) is 18.0. The molecular formula is C24H22N7O4S-. The quantitative estimate of drug-likeness (QED) is 0.178. The fourth-order valence-electron chi connectivity index (χ4n) is 3.48. The van der Waals surface area contributed by atoms with E-state index in [0.717, 1.165) is 15.9 Å². The minimum Gasteiger partial charge on any atom is -0.755 e. The summed E-state index contributed by atoms with van der Waals surface area (Å²) in [4.78, 5) is 19.9. The Balaban J connectivity index is 1.64. The Morgan fingerprint density at radius 2 is 2.03 bits per heavy atom. The van der Waals surface area contributed by atoms with E-state index in [-0.39, 0.29) is 30.3 Å². The number of nitrogen functional groups attached to an aromatic ring is 1. The number of benzene rings is 2. The second kappa shape index (κ2) is 10.8. The van der Waals surface area contributed by atoms with Gasteiger partial charge in [0.15, 0.2) is 5.65 Å². The highest BCUT2D eigenvalue weighted by Crippen LogP contribution is 2.34. The van der Waals surface area contributed by atoms with Crippen molar-refractivity contribution in [3.05, 3.63) is 79.3 Å². The van der Waals surface area contributed by atoms with Gasteiger partial charge in [0, 0.05) is 29.6 Å². The van der Waals surface area contributed by atoms with Gasteiger partial charge in [-0.05, 0) is 29.8 Å². The lowest BCUT2D eigenvalue weighted by Crippen LogP contribution is -2.24. The molecule has 0 bridgehead atoms. The van der Waals surface area contributed by atoms with Crippen molar-refractivity contribution in [2.45, 2.75) is 6.54 Å². The highest BCUT2D eigenvalue weighted by atomic mass is 32.2. The largest absolute Gasteiger partial charge is 0.755 e. The predicted octanol–water partition coefficient (Wildman–Crippen LogP) is 2.67. The number of hydrogen-bond acceptors (Lipinski definition) is 8. The van der Waals surface area contributed by atoms with Crippen LogP contribution in [0.2, 0.25) is 0 Å². The monoisotopic (exact) mass is 504 g/mol. The highest BCUT2D eigenvalue weighted by Gasteiger charge is 2.18. The van der Waals surface area contributed by atoms with Gasteiger partial charge in [0.05, 0.1) is 17.6 Å². The molecule has 1 amide bonds. The van der Waals surface area contributed by atoms with E-state index in [1.54, 1.807) is 12.1 Å². The molecule has 4 rings (SSSR count). The van der Waals surface area contributed by atoms with Crippen molar-refractivity contribution >= 4 is 45.8 Å². The molecule has 2 aromatic heterocycles. The van der Waals surface area contributed by atoms with Crippen LogP contribution in [-0.4, -0.2) is 50.4 Å². The van der Waals surface area contributed by atoms with Crippen molar-refractivity contribution in [2.24, 2.45) is 0 Å². The molecule has 0 aliphatic rings. The van der Waals surface area contributed by atoms with Crippen LogP contribution in [0.3, 0.4) is 0 Å².